The summed E-state index contributed by atoms with van der Waals surface area (Å²) in [6, 6.07) is 7.15. The Balaban J connectivity index is 0.00000208. The second-order valence-corrected chi connectivity index (χ2v) is 6.93. The van der Waals surface area contributed by atoms with E-state index in [0.717, 1.165) is 50.9 Å². The summed E-state index contributed by atoms with van der Waals surface area (Å²) in [5.41, 5.74) is 0.974. The first-order valence-corrected chi connectivity index (χ1v) is 8.97. The Morgan fingerprint density at radius 2 is 1.96 bits per heavy atom. The molecule has 1 amide bonds. The number of hydrogen-bond donors (Lipinski definition) is 1. The van der Waals surface area contributed by atoms with E-state index in [-0.39, 0.29) is 18.2 Å². The van der Waals surface area contributed by atoms with E-state index in [1.54, 1.807) is 12.1 Å². The lowest BCUT2D eigenvalue weighted by atomic mass is 9.93. The van der Waals surface area contributed by atoms with Crippen molar-refractivity contribution in [2.75, 3.05) is 19.6 Å². The molecule has 0 unspecified atom stereocenters. The summed E-state index contributed by atoms with van der Waals surface area (Å²) >= 11 is 0. The molecule has 1 aromatic carbocycles. The van der Waals surface area contributed by atoms with Gasteiger partial charge in [0.25, 0.3) is 0 Å². The second kappa shape index (κ2) is 9.38. The van der Waals surface area contributed by atoms with Crippen LogP contribution in [0.1, 0.15) is 44.1 Å². The van der Waals surface area contributed by atoms with Gasteiger partial charge in [0.2, 0.25) is 5.91 Å². The normalized spacial score (nSPS) is 18.0. The topological polar surface area (TPSA) is 32.3 Å². The molecule has 0 radical (unpaired) electrons. The lowest BCUT2D eigenvalue weighted by molar-refractivity contribution is -0.132. The fraction of sp³-hybridized carbons (Fsp3) is 0.632. The largest absolute Gasteiger partial charge is 0.339 e. The summed E-state index contributed by atoms with van der Waals surface area (Å²) in [5, 5.41) is 3.37. The Morgan fingerprint density at radius 3 is 2.62 bits per heavy atom. The average Bonchev–Trinajstić information content (AvgIpc) is 3.39. The van der Waals surface area contributed by atoms with E-state index in [1.807, 2.05) is 11.0 Å². The van der Waals surface area contributed by atoms with Crippen molar-refractivity contribution in [3.8, 4) is 0 Å². The smallest absolute Gasteiger partial charge is 0.222 e. The molecule has 24 heavy (non-hydrogen) atoms. The number of carbonyl (C=O) groups is 1. The number of carbonyl (C=O) groups excluding carboxylic acids is 1. The molecule has 0 atom stereocenters. The molecule has 5 heteroatoms. The maximum absolute atomic E-state index is 13.3. The predicted molar refractivity (Wildman–Crippen MR) is 96.9 cm³/mol. The van der Waals surface area contributed by atoms with Gasteiger partial charge in [-0.05, 0) is 75.2 Å². The lowest BCUT2D eigenvalue weighted by Crippen LogP contribution is -2.35. The van der Waals surface area contributed by atoms with Gasteiger partial charge in [0.15, 0.2) is 0 Å². The van der Waals surface area contributed by atoms with Gasteiger partial charge in [0.1, 0.15) is 5.82 Å². The zero-order valence-electron chi connectivity index (χ0n) is 14.2. The van der Waals surface area contributed by atoms with Crippen molar-refractivity contribution in [3.05, 3.63) is 35.6 Å². The van der Waals surface area contributed by atoms with Crippen molar-refractivity contribution in [3.63, 3.8) is 0 Å². The number of rotatable bonds is 7. The Hall–Kier alpha value is -1.13. The molecule has 1 N–H and O–H groups in total. The number of nitrogens with zero attached hydrogens (tertiary/aromatic N) is 1. The lowest BCUT2D eigenvalue weighted by Gasteiger charge is -2.26. The van der Waals surface area contributed by atoms with Crippen LogP contribution in [0, 0.1) is 11.7 Å². The number of benzene rings is 1. The Kier molecular flexibility index (Phi) is 7.50. The van der Waals surface area contributed by atoms with Crippen LogP contribution < -0.4 is 5.32 Å². The third-order valence-electron chi connectivity index (χ3n) is 5.06. The minimum Gasteiger partial charge on any atom is -0.339 e. The molecule has 3 nitrogen and oxygen atoms in total. The van der Waals surface area contributed by atoms with Crippen LogP contribution in [0.5, 0.6) is 0 Å². The molecule has 1 saturated carbocycles. The minimum atomic E-state index is -0.197. The molecule has 1 aliphatic carbocycles. The molecule has 0 spiro atoms. The minimum absolute atomic E-state index is 0. The Labute approximate surface area is 150 Å². The van der Waals surface area contributed by atoms with E-state index in [1.165, 1.54) is 18.9 Å². The number of amides is 1. The summed E-state index contributed by atoms with van der Waals surface area (Å²) in [6.07, 6.45) is 7.08. The highest BCUT2D eigenvalue weighted by Crippen LogP contribution is 2.28. The molecular formula is C19H28ClFN2O. The van der Waals surface area contributed by atoms with Gasteiger partial charge in [-0.3, -0.25) is 4.79 Å². The Morgan fingerprint density at radius 1 is 1.21 bits per heavy atom. The first-order chi connectivity index (χ1) is 11.2. The monoisotopic (exact) mass is 354 g/mol. The van der Waals surface area contributed by atoms with E-state index in [4.69, 9.17) is 0 Å². The molecule has 3 rings (SSSR count). The third kappa shape index (κ3) is 5.75. The van der Waals surface area contributed by atoms with Crippen molar-refractivity contribution in [2.45, 2.75) is 51.0 Å². The fourth-order valence-corrected chi connectivity index (χ4v) is 3.48. The van der Waals surface area contributed by atoms with Crippen molar-refractivity contribution < 1.29 is 9.18 Å². The molecule has 1 heterocycles. The van der Waals surface area contributed by atoms with Gasteiger partial charge in [-0.25, -0.2) is 4.39 Å². The predicted octanol–water partition coefficient (Wildman–Crippen LogP) is 3.56. The molecule has 2 fully saturated rings. The molecule has 1 aliphatic heterocycles. The average molecular weight is 355 g/mol. The van der Waals surface area contributed by atoms with Crippen LogP contribution in [0.15, 0.2) is 24.3 Å². The van der Waals surface area contributed by atoms with Crippen LogP contribution in [-0.2, 0) is 11.2 Å². The molecular weight excluding hydrogens is 327 g/mol. The standard InChI is InChI=1S/C19H27FN2O.ClH/c20-17-3-1-2-16(14-17)10-13-22(18-5-6-18)19(23)7-4-15-8-11-21-12-9-15;/h1-3,14-15,18,21H,4-13H2;1H. The molecule has 134 valence electrons. The molecule has 2 aliphatic rings. The van der Waals surface area contributed by atoms with Crippen LogP contribution in [0.25, 0.3) is 0 Å². The van der Waals surface area contributed by atoms with Crippen molar-refractivity contribution in [1.29, 1.82) is 0 Å². The quantitative estimate of drug-likeness (QED) is 0.812. The number of nitrogens with one attached hydrogen (secondary N) is 1. The van der Waals surface area contributed by atoms with Gasteiger partial charge < -0.3 is 10.2 Å². The molecule has 1 saturated heterocycles. The van der Waals surface area contributed by atoms with Gasteiger partial charge in [0.05, 0.1) is 0 Å². The van der Waals surface area contributed by atoms with Crippen molar-refractivity contribution in [1.82, 2.24) is 10.2 Å². The van der Waals surface area contributed by atoms with Crippen LogP contribution in [0.2, 0.25) is 0 Å². The zero-order valence-corrected chi connectivity index (χ0v) is 15.0. The summed E-state index contributed by atoms with van der Waals surface area (Å²) in [5.74, 6) is 0.796. The van der Waals surface area contributed by atoms with E-state index in [2.05, 4.69) is 5.32 Å². The van der Waals surface area contributed by atoms with E-state index in [0.29, 0.717) is 24.3 Å². The van der Waals surface area contributed by atoms with Gasteiger partial charge in [-0.1, -0.05) is 12.1 Å². The van der Waals surface area contributed by atoms with Gasteiger partial charge >= 0.3 is 0 Å². The Bertz CT molecular complexity index is 530. The van der Waals surface area contributed by atoms with Crippen LogP contribution in [-0.4, -0.2) is 36.5 Å². The van der Waals surface area contributed by atoms with Crippen molar-refractivity contribution >= 4 is 18.3 Å². The maximum atomic E-state index is 13.3. The first kappa shape index (κ1) is 19.2. The number of hydrogen-bond acceptors (Lipinski definition) is 2. The summed E-state index contributed by atoms with van der Waals surface area (Å²) < 4.78 is 13.3. The summed E-state index contributed by atoms with van der Waals surface area (Å²) in [4.78, 5) is 14.6. The van der Waals surface area contributed by atoms with Gasteiger partial charge in [-0.2, -0.15) is 0 Å². The first-order valence-electron chi connectivity index (χ1n) is 8.97. The van der Waals surface area contributed by atoms with Crippen LogP contribution in [0.3, 0.4) is 0 Å². The number of piperidine rings is 1. The SMILES string of the molecule is Cl.O=C(CCC1CCNCC1)N(CCc1cccc(F)c1)C1CC1. The van der Waals surface area contributed by atoms with E-state index < -0.39 is 0 Å². The molecule has 1 aromatic rings. The fourth-order valence-electron chi connectivity index (χ4n) is 3.48. The highest BCUT2D eigenvalue weighted by molar-refractivity contribution is 5.85. The summed E-state index contributed by atoms with van der Waals surface area (Å²) in [6.45, 7) is 2.90. The molecule has 0 aromatic heterocycles. The van der Waals surface area contributed by atoms with E-state index >= 15 is 0 Å². The molecule has 0 bridgehead atoms. The number of halogens is 2. The third-order valence-corrected chi connectivity index (χ3v) is 5.06. The van der Waals surface area contributed by atoms with Gasteiger partial charge in [0, 0.05) is 19.0 Å². The second-order valence-electron chi connectivity index (χ2n) is 6.93. The highest BCUT2D eigenvalue weighted by atomic mass is 35.5. The summed E-state index contributed by atoms with van der Waals surface area (Å²) in [7, 11) is 0. The van der Waals surface area contributed by atoms with Crippen LogP contribution in [0.4, 0.5) is 4.39 Å². The van der Waals surface area contributed by atoms with Gasteiger partial charge in [-0.15, -0.1) is 12.4 Å². The zero-order chi connectivity index (χ0) is 16.1. The highest BCUT2D eigenvalue weighted by Gasteiger charge is 2.32. The van der Waals surface area contributed by atoms with Crippen LogP contribution >= 0.6 is 12.4 Å². The maximum Gasteiger partial charge on any atom is 0.222 e. The van der Waals surface area contributed by atoms with E-state index in [9.17, 15) is 9.18 Å². The van der Waals surface area contributed by atoms with Crippen molar-refractivity contribution in [2.24, 2.45) is 5.92 Å².